The van der Waals surface area contributed by atoms with E-state index in [9.17, 15) is 20.3 Å². The van der Waals surface area contributed by atoms with Gasteiger partial charge in [-0.2, -0.15) is 0 Å². The average Bonchev–Trinajstić information content (AvgIpc) is 3.09. The van der Waals surface area contributed by atoms with Gasteiger partial charge in [-0.1, -0.05) is 45.4 Å². The molecule has 6 nitrogen and oxygen atoms in total. The van der Waals surface area contributed by atoms with Crippen LogP contribution in [0.15, 0.2) is 45.8 Å². The van der Waals surface area contributed by atoms with E-state index in [1.165, 1.54) is 6.07 Å². The first-order chi connectivity index (χ1) is 16.1. The number of para-hydroxylation sites is 1. The minimum Gasteiger partial charge on any atom is -0.504 e. The molecule has 0 amide bonds. The Morgan fingerprint density at radius 2 is 1.79 bits per heavy atom. The zero-order chi connectivity index (χ0) is 24.3. The molecule has 1 fully saturated rings. The Labute approximate surface area is 200 Å². The van der Waals surface area contributed by atoms with Gasteiger partial charge in [0, 0.05) is 17.2 Å². The molecule has 5 rings (SSSR count). The lowest BCUT2D eigenvalue weighted by molar-refractivity contribution is 0.0507. The number of aromatic hydroxyl groups is 2. The van der Waals surface area contributed by atoms with Gasteiger partial charge in [0.1, 0.15) is 11.3 Å². The van der Waals surface area contributed by atoms with Crippen LogP contribution in [0.5, 0.6) is 11.5 Å². The quantitative estimate of drug-likeness (QED) is 0.253. The number of fused-ring (bicyclic) bond motifs is 5. The van der Waals surface area contributed by atoms with Crippen molar-refractivity contribution in [3.05, 3.63) is 47.7 Å². The SMILES string of the molecule is CC1(C)CCC[C@@]2(C)c3c(oc4c(B(O)O)c(O)c(O)cc34)C(/C=N/c3ccccc3)CC[C@H]12. The number of phenolic OH excluding ortho intramolecular Hbond substituents is 2. The van der Waals surface area contributed by atoms with Crippen LogP contribution >= 0.6 is 0 Å². The molecule has 7 heteroatoms. The highest BCUT2D eigenvalue weighted by molar-refractivity contribution is 6.63. The standard InChI is InChI=1S/C27H32BNO5/c1-26(2)12-7-13-27(3)20(26)11-10-16(15-29-17-8-5-4-6-9-17)24-21(27)18-14-19(30)23(31)22(28(32)33)25(18)34-24/h4-6,8-9,14-16,20,30-33H,7,10-13H2,1-3H3/b29-15+/t16?,20-,27-/m1/s1. The monoisotopic (exact) mass is 461 g/mol. The second kappa shape index (κ2) is 8.17. The first kappa shape index (κ1) is 23.0. The van der Waals surface area contributed by atoms with Crippen LogP contribution in [-0.2, 0) is 5.41 Å². The van der Waals surface area contributed by atoms with Gasteiger partial charge in [-0.25, -0.2) is 0 Å². The Kier molecular flexibility index (Phi) is 5.53. The van der Waals surface area contributed by atoms with Gasteiger partial charge in [0.15, 0.2) is 11.5 Å². The highest BCUT2D eigenvalue weighted by atomic mass is 16.4. The fourth-order valence-electron chi connectivity index (χ4n) is 6.78. The minimum atomic E-state index is -1.98. The van der Waals surface area contributed by atoms with E-state index in [1.807, 2.05) is 36.5 Å². The lowest BCUT2D eigenvalue weighted by Gasteiger charge is -2.50. The number of phenols is 2. The van der Waals surface area contributed by atoms with Gasteiger partial charge in [0.25, 0.3) is 0 Å². The van der Waals surface area contributed by atoms with E-state index in [2.05, 4.69) is 20.8 Å². The summed E-state index contributed by atoms with van der Waals surface area (Å²) < 4.78 is 6.40. The van der Waals surface area contributed by atoms with Crippen molar-refractivity contribution in [2.24, 2.45) is 16.3 Å². The Bertz CT molecular complexity index is 1250. The van der Waals surface area contributed by atoms with Crippen molar-refractivity contribution in [2.45, 2.75) is 64.2 Å². The molecule has 0 radical (unpaired) electrons. The third-order valence-corrected chi connectivity index (χ3v) is 8.32. The fraction of sp³-hybridized carbons (Fsp3) is 0.444. The van der Waals surface area contributed by atoms with Crippen molar-refractivity contribution >= 4 is 35.5 Å². The van der Waals surface area contributed by atoms with Gasteiger partial charge in [-0.05, 0) is 60.6 Å². The summed E-state index contributed by atoms with van der Waals surface area (Å²) in [6.45, 7) is 6.95. The largest absolute Gasteiger partial charge is 0.504 e. The number of aliphatic imine (C=N–C) groups is 1. The minimum absolute atomic E-state index is 0.117. The van der Waals surface area contributed by atoms with E-state index < -0.39 is 12.9 Å². The third kappa shape index (κ3) is 3.53. The highest BCUT2D eigenvalue weighted by Crippen LogP contribution is 2.59. The van der Waals surface area contributed by atoms with Crippen LogP contribution in [0, 0.1) is 11.3 Å². The molecule has 1 unspecified atom stereocenters. The predicted molar refractivity (Wildman–Crippen MR) is 134 cm³/mol. The van der Waals surface area contributed by atoms with Crippen LogP contribution in [0.2, 0.25) is 0 Å². The van der Waals surface area contributed by atoms with E-state index in [0.717, 1.165) is 49.1 Å². The fourth-order valence-corrected chi connectivity index (χ4v) is 6.78. The topological polar surface area (TPSA) is 106 Å². The van der Waals surface area contributed by atoms with Gasteiger partial charge in [-0.3, -0.25) is 4.99 Å². The Hall–Kier alpha value is -2.77. The number of benzene rings is 2. The predicted octanol–water partition coefficient (Wildman–Crippen LogP) is 4.89. The summed E-state index contributed by atoms with van der Waals surface area (Å²) in [4.78, 5) is 4.73. The summed E-state index contributed by atoms with van der Waals surface area (Å²) in [6, 6.07) is 11.3. The maximum Gasteiger partial charge on any atom is 0.496 e. The molecule has 0 aliphatic heterocycles. The molecule has 2 aromatic carbocycles. The zero-order valence-corrected chi connectivity index (χ0v) is 20.0. The molecular weight excluding hydrogens is 429 g/mol. The summed E-state index contributed by atoms with van der Waals surface area (Å²) in [6.07, 6.45) is 6.99. The van der Waals surface area contributed by atoms with Crippen molar-refractivity contribution in [1.82, 2.24) is 0 Å². The molecular formula is C27H32BNO5. The maximum absolute atomic E-state index is 10.5. The van der Waals surface area contributed by atoms with Gasteiger partial charge >= 0.3 is 7.12 Å². The summed E-state index contributed by atoms with van der Waals surface area (Å²) in [5.41, 5.74) is 1.78. The Morgan fingerprint density at radius 1 is 1.06 bits per heavy atom. The summed E-state index contributed by atoms with van der Waals surface area (Å²) in [5.74, 6) is 0.0553. The van der Waals surface area contributed by atoms with E-state index >= 15 is 0 Å². The summed E-state index contributed by atoms with van der Waals surface area (Å²) >= 11 is 0. The molecule has 3 aromatic rings. The van der Waals surface area contributed by atoms with Gasteiger partial charge in [0.2, 0.25) is 0 Å². The molecule has 4 N–H and O–H groups in total. The van der Waals surface area contributed by atoms with Crippen molar-refractivity contribution < 1.29 is 24.7 Å². The molecule has 178 valence electrons. The van der Waals surface area contributed by atoms with Crippen molar-refractivity contribution in [3.8, 4) is 11.5 Å². The molecule has 1 aromatic heterocycles. The zero-order valence-electron chi connectivity index (χ0n) is 20.0. The molecule has 3 atom stereocenters. The van der Waals surface area contributed by atoms with Crippen LogP contribution in [-0.4, -0.2) is 33.6 Å². The summed E-state index contributed by atoms with van der Waals surface area (Å²) in [5, 5.41) is 41.6. The number of furan rings is 1. The molecule has 2 aliphatic rings. The Balaban J connectivity index is 1.78. The van der Waals surface area contributed by atoms with Crippen LogP contribution in [0.25, 0.3) is 11.0 Å². The number of rotatable bonds is 3. The van der Waals surface area contributed by atoms with Crippen molar-refractivity contribution in [3.63, 3.8) is 0 Å². The molecule has 2 aliphatic carbocycles. The van der Waals surface area contributed by atoms with E-state index in [0.29, 0.717) is 11.3 Å². The van der Waals surface area contributed by atoms with Gasteiger partial charge in [0.05, 0.1) is 17.1 Å². The van der Waals surface area contributed by atoms with Crippen LogP contribution in [0.4, 0.5) is 5.69 Å². The lowest BCUT2D eigenvalue weighted by atomic mass is 9.53. The number of hydrogen-bond acceptors (Lipinski definition) is 6. The maximum atomic E-state index is 10.5. The van der Waals surface area contributed by atoms with Crippen LogP contribution in [0.3, 0.4) is 0 Å². The Morgan fingerprint density at radius 3 is 2.50 bits per heavy atom. The van der Waals surface area contributed by atoms with Crippen molar-refractivity contribution in [1.29, 1.82) is 0 Å². The van der Waals surface area contributed by atoms with Crippen LogP contribution in [0.1, 0.15) is 70.1 Å². The first-order valence-corrected chi connectivity index (χ1v) is 12.1. The highest BCUT2D eigenvalue weighted by Gasteiger charge is 2.52. The molecule has 1 saturated carbocycles. The van der Waals surface area contributed by atoms with E-state index in [-0.39, 0.29) is 33.5 Å². The average molecular weight is 461 g/mol. The number of hydrogen-bond donors (Lipinski definition) is 4. The molecule has 0 bridgehead atoms. The van der Waals surface area contributed by atoms with E-state index in [1.54, 1.807) is 0 Å². The third-order valence-electron chi connectivity index (χ3n) is 8.32. The van der Waals surface area contributed by atoms with E-state index in [4.69, 9.17) is 9.41 Å². The number of nitrogens with zero attached hydrogens (tertiary/aromatic N) is 1. The normalized spacial score (nSPS) is 26.3. The first-order valence-electron chi connectivity index (χ1n) is 12.1. The molecule has 0 saturated heterocycles. The second-order valence-corrected chi connectivity index (χ2v) is 10.9. The van der Waals surface area contributed by atoms with Crippen LogP contribution < -0.4 is 5.46 Å². The lowest BCUT2D eigenvalue weighted by Crippen LogP contribution is -2.44. The van der Waals surface area contributed by atoms with Gasteiger partial charge in [-0.15, -0.1) is 0 Å². The molecule has 34 heavy (non-hydrogen) atoms. The van der Waals surface area contributed by atoms with Crippen molar-refractivity contribution in [2.75, 3.05) is 0 Å². The summed E-state index contributed by atoms with van der Waals surface area (Å²) in [7, 11) is -1.98. The van der Waals surface area contributed by atoms with Gasteiger partial charge < -0.3 is 24.7 Å². The molecule has 1 heterocycles. The smallest absolute Gasteiger partial charge is 0.496 e. The second-order valence-electron chi connectivity index (χ2n) is 10.9. The molecule has 0 spiro atoms.